The van der Waals surface area contributed by atoms with Gasteiger partial charge in [-0.3, -0.25) is 10.1 Å². The molecule has 98 valence electrons. The van der Waals surface area contributed by atoms with Crippen molar-refractivity contribution in [3.8, 4) is 0 Å². The van der Waals surface area contributed by atoms with E-state index in [1.165, 1.54) is 18.2 Å². The van der Waals surface area contributed by atoms with Crippen LogP contribution in [0, 0.1) is 5.82 Å². The third-order valence-corrected chi connectivity index (χ3v) is 3.89. The molecule has 1 aromatic carbocycles. The Kier molecular flexibility index (Phi) is 4.35. The quantitative estimate of drug-likeness (QED) is 0.896. The fourth-order valence-electron chi connectivity index (χ4n) is 2.33. The van der Waals surface area contributed by atoms with Gasteiger partial charge < -0.3 is 5.11 Å². The van der Waals surface area contributed by atoms with Gasteiger partial charge in [0.25, 0.3) is 0 Å². The summed E-state index contributed by atoms with van der Waals surface area (Å²) < 4.78 is 13.4. The average Bonchev–Trinajstić information content (AvgIpc) is 2.82. The van der Waals surface area contributed by atoms with Gasteiger partial charge >= 0.3 is 5.97 Å². The van der Waals surface area contributed by atoms with Crippen LogP contribution >= 0.6 is 15.9 Å². The van der Waals surface area contributed by atoms with E-state index in [-0.39, 0.29) is 11.9 Å². The molecule has 1 aromatic rings. The zero-order valence-corrected chi connectivity index (χ0v) is 11.4. The van der Waals surface area contributed by atoms with Crippen LogP contribution < -0.4 is 5.32 Å². The van der Waals surface area contributed by atoms with E-state index in [4.69, 9.17) is 0 Å². The lowest BCUT2D eigenvalue weighted by Gasteiger charge is -2.20. The molecule has 0 bridgehead atoms. The summed E-state index contributed by atoms with van der Waals surface area (Å²) in [6.45, 7) is 0. The van der Waals surface area contributed by atoms with Gasteiger partial charge in [-0.2, -0.15) is 0 Å². The molecule has 2 N–H and O–H groups in total. The van der Waals surface area contributed by atoms with E-state index in [2.05, 4.69) is 21.2 Å². The Hall–Kier alpha value is -0.940. The van der Waals surface area contributed by atoms with Gasteiger partial charge in [-0.1, -0.05) is 18.9 Å². The summed E-state index contributed by atoms with van der Waals surface area (Å²) in [6, 6.07) is 3.79. The van der Waals surface area contributed by atoms with Crippen LogP contribution in [-0.4, -0.2) is 17.1 Å². The van der Waals surface area contributed by atoms with Gasteiger partial charge in [0.15, 0.2) is 0 Å². The maximum Gasteiger partial charge on any atom is 0.325 e. The summed E-state index contributed by atoms with van der Waals surface area (Å²) in [5, 5.41) is 12.4. The normalized spacial score (nSPS) is 17.9. The smallest absolute Gasteiger partial charge is 0.325 e. The summed E-state index contributed by atoms with van der Waals surface area (Å²) in [6.07, 6.45) is 4.28. The Balaban J connectivity index is 2.17. The maximum atomic E-state index is 13.2. The van der Waals surface area contributed by atoms with Crippen molar-refractivity contribution in [2.45, 2.75) is 37.8 Å². The zero-order valence-electron chi connectivity index (χ0n) is 9.83. The summed E-state index contributed by atoms with van der Waals surface area (Å²) in [7, 11) is 0. The number of hydrogen-bond acceptors (Lipinski definition) is 2. The molecule has 0 saturated heterocycles. The van der Waals surface area contributed by atoms with Crippen molar-refractivity contribution in [3.05, 3.63) is 34.1 Å². The number of rotatable bonds is 4. The third kappa shape index (κ3) is 3.09. The molecule has 1 aliphatic carbocycles. The number of benzene rings is 1. The van der Waals surface area contributed by atoms with E-state index < -0.39 is 12.0 Å². The van der Waals surface area contributed by atoms with Crippen molar-refractivity contribution >= 4 is 21.9 Å². The van der Waals surface area contributed by atoms with E-state index in [0.717, 1.165) is 25.7 Å². The minimum atomic E-state index is -0.930. The fourth-order valence-corrected chi connectivity index (χ4v) is 2.73. The third-order valence-electron chi connectivity index (χ3n) is 3.28. The molecule has 3 nitrogen and oxygen atoms in total. The van der Waals surface area contributed by atoms with Gasteiger partial charge in [-0.25, -0.2) is 4.39 Å². The minimum absolute atomic E-state index is 0.245. The van der Waals surface area contributed by atoms with Crippen LogP contribution in [0.2, 0.25) is 0 Å². The van der Waals surface area contributed by atoms with Gasteiger partial charge in [0.2, 0.25) is 0 Å². The highest BCUT2D eigenvalue weighted by atomic mass is 79.9. The maximum absolute atomic E-state index is 13.2. The number of carboxylic acid groups (broad SMARTS) is 1. The van der Waals surface area contributed by atoms with Gasteiger partial charge in [0.1, 0.15) is 11.9 Å². The molecule has 1 atom stereocenters. The second-order valence-corrected chi connectivity index (χ2v) is 5.45. The minimum Gasteiger partial charge on any atom is -0.480 e. The Labute approximate surface area is 114 Å². The molecule has 5 heteroatoms. The predicted molar refractivity (Wildman–Crippen MR) is 69.9 cm³/mol. The molecular formula is C13H15BrFNO2. The first-order chi connectivity index (χ1) is 8.58. The van der Waals surface area contributed by atoms with Crippen LogP contribution in [0.3, 0.4) is 0 Å². The number of aliphatic carboxylic acids is 1. The molecule has 2 rings (SSSR count). The monoisotopic (exact) mass is 315 g/mol. The molecule has 0 amide bonds. The summed E-state index contributed by atoms with van der Waals surface area (Å²) in [5.41, 5.74) is 0.572. The lowest BCUT2D eigenvalue weighted by molar-refractivity contribution is -0.139. The topological polar surface area (TPSA) is 49.3 Å². The lowest BCUT2D eigenvalue weighted by Crippen LogP contribution is -2.35. The van der Waals surface area contributed by atoms with Crippen molar-refractivity contribution in [2.24, 2.45) is 0 Å². The van der Waals surface area contributed by atoms with E-state index >= 15 is 0 Å². The predicted octanol–water partition coefficient (Wildman–Crippen LogP) is 3.25. The van der Waals surface area contributed by atoms with Crippen molar-refractivity contribution in [1.82, 2.24) is 5.32 Å². The fraction of sp³-hybridized carbons (Fsp3) is 0.462. The molecule has 0 aromatic heterocycles. The molecule has 0 aliphatic heterocycles. The Morgan fingerprint density at radius 2 is 2.11 bits per heavy atom. The van der Waals surface area contributed by atoms with Crippen LogP contribution in [0.15, 0.2) is 22.7 Å². The van der Waals surface area contributed by atoms with E-state index in [1.807, 2.05) is 0 Å². The second kappa shape index (κ2) is 5.80. The highest BCUT2D eigenvalue weighted by Gasteiger charge is 2.25. The van der Waals surface area contributed by atoms with E-state index in [1.54, 1.807) is 0 Å². The molecule has 1 unspecified atom stereocenters. The molecular weight excluding hydrogens is 301 g/mol. The molecule has 0 heterocycles. The lowest BCUT2D eigenvalue weighted by atomic mass is 10.1. The number of nitrogens with one attached hydrogen (secondary N) is 1. The largest absolute Gasteiger partial charge is 0.480 e. The van der Waals surface area contributed by atoms with Crippen molar-refractivity contribution in [1.29, 1.82) is 0 Å². The van der Waals surface area contributed by atoms with E-state index in [0.29, 0.717) is 10.0 Å². The Bertz CT molecular complexity index is 447. The molecule has 1 aliphatic rings. The second-order valence-electron chi connectivity index (χ2n) is 4.59. The first kappa shape index (κ1) is 13.5. The van der Waals surface area contributed by atoms with Crippen LogP contribution in [0.25, 0.3) is 0 Å². The first-order valence-corrected chi connectivity index (χ1v) is 6.81. The van der Waals surface area contributed by atoms with Crippen molar-refractivity contribution < 1.29 is 14.3 Å². The Morgan fingerprint density at radius 1 is 1.44 bits per heavy atom. The number of carboxylic acids is 1. The standard InChI is InChI=1S/C13H15BrFNO2/c14-10-7-8(5-6-11(10)15)12(13(17)18)16-9-3-1-2-4-9/h5-7,9,12,16H,1-4H2,(H,17,18). The molecule has 0 radical (unpaired) electrons. The zero-order chi connectivity index (χ0) is 13.1. The van der Waals surface area contributed by atoms with Crippen LogP contribution in [-0.2, 0) is 4.79 Å². The van der Waals surface area contributed by atoms with Gasteiger partial charge in [-0.05, 0) is 46.5 Å². The summed E-state index contributed by atoms with van der Waals surface area (Å²) in [5.74, 6) is -1.32. The molecule has 1 saturated carbocycles. The van der Waals surface area contributed by atoms with Gasteiger partial charge in [-0.15, -0.1) is 0 Å². The number of halogens is 2. The van der Waals surface area contributed by atoms with Crippen molar-refractivity contribution in [3.63, 3.8) is 0 Å². The number of hydrogen-bond donors (Lipinski definition) is 2. The average molecular weight is 316 g/mol. The molecule has 18 heavy (non-hydrogen) atoms. The van der Waals surface area contributed by atoms with E-state index in [9.17, 15) is 14.3 Å². The summed E-state index contributed by atoms with van der Waals surface area (Å²) >= 11 is 3.08. The SMILES string of the molecule is O=C(O)C(NC1CCCC1)c1ccc(F)c(Br)c1. The first-order valence-electron chi connectivity index (χ1n) is 6.01. The molecule has 0 spiro atoms. The number of carbonyl (C=O) groups is 1. The van der Waals surface area contributed by atoms with Gasteiger partial charge in [0, 0.05) is 6.04 Å². The highest BCUT2D eigenvalue weighted by Crippen LogP contribution is 2.25. The van der Waals surface area contributed by atoms with Crippen LogP contribution in [0.5, 0.6) is 0 Å². The highest BCUT2D eigenvalue weighted by molar-refractivity contribution is 9.10. The Morgan fingerprint density at radius 3 is 2.67 bits per heavy atom. The van der Waals surface area contributed by atoms with Crippen molar-refractivity contribution in [2.75, 3.05) is 0 Å². The summed E-state index contributed by atoms with van der Waals surface area (Å²) in [4.78, 5) is 11.3. The van der Waals surface area contributed by atoms with Gasteiger partial charge in [0.05, 0.1) is 4.47 Å². The molecule has 1 fully saturated rings. The van der Waals surface area contributed by atoms with Crippen LogP contribution in [0.4, 0.5) is 4.39 Å². The van der Waals surface area contributed by atoms with Crippen LogP contribution in [0.1, 0.15) is 37.3 Å².